The maximum Gasteiger partial charge on any atom is 0.220 e. The van der Waals surface area contributed by atoms with Crippen molar-refractivity contribution in [3.8, 4) is 0 Å². The minimum Gasteiger partial charge on any atom is -0.369 e. The van der Waals surface area contributed by atoms with E-state index in [2.05, 4.69) is 20.6 Å². The van der Waals surface area contributed by atoms with Gasteiger partial charge in [-0.1, -0.05) is 0 Å². The first-order chi connectivity index (χ1) is 12.2. The Morgan fingerprint density at radius 2 is 1.96 bits per heavy atom. The van der Waals surface area contributed by atoms with E-state index in [1.165, 1.54) is 23.3 Å². The fraction of sp³-hybridized carbons (Fsp3) is 0.611. The highest BCUT2D eigenvalue weighted by Gasteiger charge is 2.29. The molecule has 0 bridgehead atoms. The summed E-state index contributed by atoms with van der Waals surface area (Å²) in [6.07, 6.45) is 8.80. The number of aromatic nitrogens is 2. The molecule has 4 rings (SSSR count). The molecule has 2 aliphatic carbocycles. The van der Waals surface area contributed by atoms with Crippen LogP contribution in [0.5, 0.6) is 0 Å². The van der Waals surface area contributed by atoms with Gasteiger partial charge in [0, 0.05) is 22.9 Å². The highest BCUT2D eigenvalue weighted by Crippen LogP contribution is 2.40. The lowest BCUT2D eigenvalue weighted by Crippen LogP contribution is -2.35. The van der Waals surface area contributed by atoms with Gasteiger partial charge in [0.15, 0.2) is 0 Å². The minimum atomic E-state index is -0.193. The second-order valence-corrected chi connectivity index (χ2v) is 8.31. The van der Waals surface area contributed by atoms with E-state index in [0.717, 1.165) is 48.1 Å². The zero-order valence-corrected chi connectivity index (χ0v) is 15.4. The number of hydrogen-bond acceptors (Lipinski definition) is 6. The van der Waals surface area contributed by atoms with Crippen molar-refractivity contribution >= 4 is 33.3 Å². The Balaban J connectivity index is 1.62. The molecule has 134 valence electrons. The molecular formula is C18H25N5OS. The maximum absolute atomic E-state index is 11.7. The second kappa shape index (κ2) is 6.88. The van der Waals surface area contributed by atoms with Gasteiger partial charge in [0.25, 0.3) is 0 Å². The molecule has 1 atom stereocenters. The highest BCUT2D eigenvalue weighted by molar-refractivity contribution is 7.19. The molecule has 0 unspecified atom stereocenters. The Kier molecular flexibility index (Phi) is 4.60. The number of rotatable bonds is 4. The van der Waals surface area contributed by atoms with Crippen molar-refractivity contribution in [1.29, 1.82) is 0 Å². The van der Waals surface area contributed by atoms with Gasteiger partial charge in [-0.05, 0) is 57.6 Å². The van der Waals surface area contributed by atoms with E-state index < -0.39 is 0 Å². The molecule has 0 aliphatic heterocycles. The Labute approximate surface area is 151 Å². The SMILES string of the molecule is CNC1CCC(Nc2ncnc3sc4c(c23)C[C@H](C(N)=O)CC4)CC1. The van der Waals surface area contributed by atoms with Crippen LogP contribution >= 0.6 is 11.3 Å². The zero-order valence-electron chi connectivity index (χ0n) is 14.5. The number of aryl methyl sites for hydroxylation is 1. The number of anilines is 1. The number of amides is 1. The lowest BCUT2D eigenvalue weighted by atomic mass is 9.86. The van der Waals surface area contributed by atoms with Crippen LogP contribution in [-0.2, 0) is 17.6 Å². The van der Waals surface area contributed by atoms with Crippen molar-refractivity contribution in [2.75, 3.05) is 12.4 Å². The number of thiophene rings is 1. The monoisotopic (exact) mass is 359 g/mol. The van der Waals surface area contributed by atoms with Gasteiger partial charge in [0.05, 0.1) is 5.39 Å². The summed E-state index contributed by atoms with van der Waals surface area (Å²) < 4.78 is 0. The van der Waals surface area contributed by atoms with Gasteiger partial charge in [-0.25, -0.2) is 9.97 Å². The number of hydrogen-bond donors (Lipinski definition) is 3. The average molecular weight is 359 g/mol. The average Bonchev–Trinajstić information content (AvgIpc) is 3.01. The molecule has 2 heterocycles. The lowest BCUT2D eigenvalue weighted by Gasteiger charge is -2.29. The van der Waals surface area contributed by atoms with Crippen molar-refractivity contribution in [1.82, 2.24) is 15.3 Å². The summed E-state index contributed by atoms with van der Waals surface area (Å²) in [7, 11) is 2.04. The molecule has 0 aromatic carbocycles. The predicted octanol–water partition coefficient (Wildman–Crippen LogP) is 2.22. The molecule has 4 N–H and O–H groups in total. The van der Waals surface area contributed by atoms with Crippen molar-refractivity contribution in [2.45, 2.75) is 57.0 Å². The number of nitrogens with two attached hydrogens (primary N) is 1. The summed E-state index contributed by atoms with van der Waals surface area (Å²) in [5, 5.41) is 8.15. The number of nitrogens with zero attached hydrogens (tertiary/aromatic N) is 2. The first kappa shape index (κ1) is 16.7. The van der Waals surface area contributed by atoms with Gasteiger partial charge in [-0.15, -0.1) is 11.3 Å². The molecule has 1 fully saturated rings. The zero-order chi connectivity index (χ0) is 17.4. The lowest BCUT2D eigenvalue weighted by molar-refractivity contribution is -0.122. The summed E-state index contributed by atoms with van der Waals surface area (Å²) in [6, 6.07) is 1.09. The summed E-state index contributed by atoms with van der Waals surface area (Å²) in [5.41, 5.74) is 6.80. The Morgan fingerprint density at radius 1 is 1.20 bits per heavy atom. The summed E-state index contributed by atoms with van der Waals surface area (Å²) in [6.45, 7) is 0. The third kappa shape index (κ3) is 3.22. The quantitative estimate of drug-likeness (QED) is 0.778. The Hall–Kier alpha value is -1.73. The van der Waals surface area contributed by atoms with Gasteiger partial charge in [-0.3, -0.25) is 4.79 Å². The third-order valence-electron chi connectivity index (χ3n) is 5.72. The van der Waals surface area contributed by atoms with E-state index in [-0.39, 0.29) is 11.8 Å². The van der Waals surface area contributed by atoms with E-state index in [1.807, 2.05) is 7.05 Å². The standard InChI is InChI=1S/C18H25N5OS/c1-20-11-3-5-12(6-4-11)23-17-15-13-8-10(16(19)24)2-7-14(13)25-18(15)22-9-21-17/h9-12,20H,2-8H2,1H3,(H2,19,24)(H,21,22,23)/t10-,11?,12?/m1/s1. The van der Waals surface area contributed by atoms with Gasteiger partial charge >= 0.3 is 0 Å². The Bertz CT molecular complexity index is 781. The summed E-state index contributed by atoms with van der Waals surface area (Å²) in [5.74, 6) is 0.673. The van der Waals surface area contributed by atoms with Crippen LogP contribution in [0.3, 0.4) is 0 Å². The van der Waals surface area contributed by atoms with Crippen LogP contribution < -0.4 is 16.4 Å². The van der Waals surface area contributed by atoms with Crippen LogP contribution in [0.1, 0.15) is 42.5 Å². The molecule has 25 heavy (non-hydrogen) atoms. The second-order valence-electron chi connectivity index (χ2n) is 7.23. The van der Waals surface area contributed by atoms with Gasteiger partial charge < -0.3 is 16.4 Å². The molecule has 7 heteroatoms. The van der Waals surface area contributed by atoms with Crippen LogP contribution in [0, 0.1) is 5.92 Å². The molecule has 1 saturated carbocycles. The van der Waals surface area contributed by atoms with Crippen LogP contribution in [-0.4, -0.2) is 35.0 Å². The molecule has 0 spiro atoms. The van der Waals surface area contributed by atoms with Crippen molar-refractivity contribution in [2.24, 2.45) is 11.7 Å². The van der Waals surface area contributed by atoms with Crippen LogP contribution in [0.25, 0.3) is 10.2 Å². The molecule has 6 nitrogen and oxygen atoms in total. The number of fused-ring (bicyclic) bond motifs is 3. The molecule has 2 aromatic rings. The first-order valence-electron chi connectivity index (χ1n) is 9.14. The van der Waals surface area contributed by atoms with E-state index in [4.69, 9.17) is 5.73 Å². The number of primary amides is 1. The van der Waals surface area contributed by atoms with Crippen LogP contribution in [0.2, 0.25) is 0 Å². The predicted molar refractivity (Wildman–Crippen MR) is 101 cm³/mol. The number of carbonyl (C=O) groups is 1. The molecule has 2 aliphatic rings. The summed E-state index contributed by atoms with van der Waals surface area (Å²) in [4.78, 5) is 23.0. The molecule has 0 saturated heterocycles. The molecule has 1 amide bonds. The number of carbonyl (C=O) groups excluding carboxylic acids is 1. The molecule has 0 radical (unpaired) electrons. The molecular weight excluding hydrogens is 334 g/mol. The van der Waals surface area contributed by atoms with E-state index in [1.54, 1.807) is 17.7 Å². The highest BCUT2D eigenvalue weighted by atomic mass is 32.1. The van der Waals surface area contributed by atoms with Crippen LogP contribution in [0.15, 0.2) is 6.33 Å². The van der Waals surface area contributed by atoms with Crippen molar-refractivity contribution in [3.63, 3.8) is 0 Å². The Morgan fingerprint density at radius 3 is 2.68 bits per heavy atom. The number of nitrogens with one attached hydrogen (secondary N) is 2. The van der Waals surface area contributed by atoms with Crippen LogP contribution in [0.4, 0.5) is 5.82 Å². The molecule has 2 aromatic heterocycles. The first-order valence-corrected chi connectivity index (χ1v) is 9.95. The fourth-order valence-electron chi connectivity index (χ4n) is 4.18. The van der Waals surface area contributed by atoms with E-state index in [0.29, 0.717) is 12.1 Å². The summed E-state index contributed by atoms with van der Waals surface area (Å²) >= 11 is 1.74. The maximum atomic E-state index is 11.7. The minimum absolute atomic E-state index is 0.0653. The fourth-order valence-corrected chi connectivity index (χ4v) is 5.36. The van der Waals surface area contributed by atoms with Crippen molar-refractivity contribution in [3.05, 3.63) is 16.8 Å². The smallest absolute Gasteiger partial charge is 0.220 e. The third-order valence-corrected chi connectivity index (χ3v) is 6.92. The van der Waals surface area contributed by atoms with E-state index >= 15 is 0 Å². The van der Waals surface area contributed by atoms with Gasteiger partial charge in [-0.2, -0.15) is 0 Å². The largest absolute Gasteiger partial charge is 0.369 e. The topological polar surface area (TPSA) is 92.9 Å². The van der Waals surface area contributed by atoms with E-state index in [9.17, 15) is 4.79 Å². The van der Waals surface area contributed by atoms with Crippen molar-refractivity contribution < 1.29 is 4.79 Å². The normalized spacial score (nSPS) is 26.4. The van der Waals surface area contributed by atoms with Gasteiger partial charge in [0.1, 0.15) is 17.0 Å². The van der Waals surface area contributed by atoms with Gasteiger partial charge in [0.2, 0.25) is 5.91 Å².